The normalized spacial score (nSPS) is 19.6. The highest BCUT2D eigenvalue weighted by atomic mass is 16.7. The minimum Gasteiger partial charge on any atom is -0.463 e. The van der Waals surface area contributed by atoms with Crippen LogP contribution >= 0.6 is 0 Å². The maximum atomic E-state index is 12.9. The van der Waals surface area contributed by atoms with Gasteiger partial charge in [0, 0.05) is 11.3 Å². The molecule has 342 valence electrons. The quantitative estimate of drug-likeness (QED) is 0.0233. The molecule has 0 radical (unpaired) electrons. The maximum absolute atomic E-state index is 12.9. The van der Waals surface area contributed by atoms with Crippen molar-refractivity contribution in [1.29, 1.82) is 0 Å². The highest BCUT2D eigenvalue weighted by Gasteiger charge is 2.50. The molecule has 0 bridgehead atoms. The largest absolute Gasteiger partial charge is 0.463 e. The van der Waals surface area contributed by atoms with Gasteiger partial charge in [0.25, 0.3) is 0 Å². The van der Waals surface area contributed by atoms with Crippen LogP contribution in [0, 0.1) is 0 Å². The minimum absolute atomic E-state index is 0.0182. The van der Waals surface area contributed by atoms with Gasteiger partial charge in [0.05, 0.1) is 52.7 Å². The van der Waals surface area contributed by atoms with Crippen LogP contribution in [-0.2, 0) is 80.5 Å². The molecular weight excluding hydrogens is 831 g/mol. The number of benzene rings is 5. The molecular formula is C51H57N3O11. The van der Waals surface area contributed by atoms with Crippen molar-refractivity contribution in [3.63, 3.8) is 0 Å². The van der Waals surface area contributed by atoms with E-state index in [1.807, 2.05) is 152 Å². The van der Waals surface area contributed by atoms with E-state index in [0.717, 1.165) is 27.8 Å². The van der Waals surface area contributed by atoms with Crippen molar-refractivity contribution in [3.05, 3.63) is 190 Å². The summed E-state index contributed by atoms with van der Waals surface area (Å²) in [6, 6.07) is 46.6. The Labute approximate surface area is 379 Å². The number of carbonyl (C=O) groups excluding carboxylic acids is 2. The van der Waals surface area contributed by atoms with Crippen molar-refractivity contribution in [2.45, 2.75) is 102 Å². The first-order valence-corrected chi connectivity index (χ1v) is 21.7. The van der Waals surface area contributed by atoms with Crippen molar-refractivity contribution in [3.8, 4) is 0 Å². The number of azide groups is 1. The lowest BCUT2D eigenvalue weighted by Crippen LogP contribution is -2.62. The lowest BCUT2D eigenvalue weighted by atomic mass is 9.96. The number of Topliss-reactive ketones (excluding diaryl/α,β-unsaturated/α-hetero) is 1. The van der Waals surface area contributed by atoms with Gasteiger partial charge in [0.1, 0.15) is 55.1 Å². The Kier molecular flexibility index (Phi) is 20.1. The van der Waals surface area contributed by atoms with Gasteiger partial charge in [-0.25, -0.2) is 0 Å². The topological polar surface area (TPSA) is 177 Å². The molecule has 14 heteroatoms. The summed E-state index contributed by atoms with van der Waals surface area (Å²) < 4.78 is 51.8. The zero-order valence-corrected chi connectivity index (χ0v) is 36.5. The Balaban J connectivity index is 1.34. The van der Waals surface area contributed by atoms with Crippen LogP contribution in [0.25, 0.3) is 10.4 Å². The zero-order chi connectivity index (χ0) is 45.5. The zero-order valence-electron chi connectivity index (χ0n) is 36.5. The Morgan fingerprint density at radius 3 is 1.62 bits per heavy atom. The first-order valence-electron chi connectivity index (χ1n) is 21.7. The molecule has 8 atom stereocenters. The van der Waals surface area contributed by atoms with Crippen LogP contribution in [0.4, 0.5) is 0 Å². The number of ether oxygens (including phenoxy) is 8. The number of hydrogen-bond donors (Lipinski definition) is 1. The molecule has 5 aromatic carbocycles. The van der Waals surface area contributed by atoms with Crippen molar-refractivity contribution >= 4 is 11.8 Å². The molecule has 1 fully saturated rings. The van der Waals surface area contributed by atoms with E-state index < -0.39 is 61.5 Å². The van der Waals surface area contributed by atoms with E-state index in [4.69, 9.17) is 37.9 Å². The number of aliphatic hydroxyl groups is 1. The van der Waals surface area contributed by atoms with Gasteiger partial charge in [-0.15, -0.1) is 0 Å². The number of ketones is 1. The molecule has 3 unspecified atom stereocenters. The highest BCUT2D eigenvalue weighted by Crippen LogP contribution is 2.33. The molecule has 0 spiro atoms. The second-order valence-electron chi connectivity index (χ2n) is 15.6. The van der Waals surface area contributed by atoms with Crippen molar-refractivity contribution < 1.29 is 52.6 Å². The van der Waals surface area contributed by atoms with Crippen LogP contribution in [0.15, 0.2) is 157 Å². The molecule has 1 aliphatic heterocycles. The SMILES string of the molecule is CC(=O)CCC(=O)OCC(OCc1ccccc1)C(OCc1ccccc1)C(CO)O[C@@H]1O[C@H](COCc2ccccc2)[C@@H](OCc2ccccc2)[C@H](OCc2ccccc2)[C@H]1N=[N+]=[N-]. The minimum atomic E-state index is -1.35. The first-order chi connectivity index (χ1) is 31.9. The molecule has 65 heavy (non-hydrogen) atoms. The summed E-state index contributed by atoms with van der Waals surface area (Å²) in [5.41, 5.74) is 14.5. The molecule has 14 nitrogen and oxygen atoms in total. The Morgan fingerprint density at radius 2 is 1.12 bits per heavy atom. The molecule has 0 saturated carbocycles. The van der Waals surface area contributed by atoms with Gasteiger partial charge in [0.2, 0.25) is 0 Å². The Hall–Kier alpha value is -5.77. The van der Waals surface area contributed by atoms with E-state index >= 15 is 0 Å². The van der Waals surface area contributed by atoms with Gasteiger partial charge in [0.15, 0.2) is 6.29 Å². The number of rotatable bonds is 27. The highest BCUT2D eigenvalue weighted by molar-refractivity contribution is 5.80. The fraction of sp³-hybridized carbons (Fsp3) is 0.373. The summed E-state index contributed by atoms with van der Waals surface area (Å²) in [6.07, 6.45) is -7.42. The summed E-state index contributed by atoms with van der Waals surface area (Å²) in [5.74, 6) is -0.754. The molecule has 0 amide bonds. The summed E-state index contributed by atoms with van der Waals surface area (Å²) in [5, 5.41) is 15.5. The van der Waals surface area contributed by atoms with E-state index in [1.165, 1.54) is 6.92 Å². The van der Waals surface area contributed by atoms with E-state index in [1.54, 1.807) is 0 Å². The van der Waals surface area contributed by atoms with Crippen LogP contribution in [-0.4, -0.2) is 85.6 Å². The van der Waals surface area contributed by atoms with Crippen molar-refractivity contribution in [1.82, 2.24) is 0 Å². The number of nitrogens with zero attached hydrogens (tertiary/aromatic N) is 3. The average Bonchev–Trinajstić information content (AvgIpc) is 3.34. The van der Waals surface area contributed by atoms with Gasteiger partial charge in [-0.2, -0.15) is 0 Å². The van der Waals surface area contributed by atoms with Crippen LogP contribution in [0.3, 0.4) is 0 Å². The monoisotopic (exact) mass is 887 g/mol. The van der Waals surface area contributed by atoms with Crippen molar-refractivity contribution in [2.75, 3.05) is 19.8 Å². The Bertz CT molecular complexity index is 2170. The molecule has 5 aromatic rings. The molecule has 0 aromatic heterocycles. The van der Waals surface area contributed by atoms with Gasteiger partial charge >= 0.3 is 5.97 Å². The van der Waals surface area contributed by atoms with Crippen LogP contribution in [0.5, 0.6) is 0 Å². The van der Waals surface area contributed by atoms with Crippen LogP contribution in [0.2, 0.25) is 0 Å². The van der Waals surface area contributed by atoms with Crippen LogP contribution < -0.4 is 0 Å². The first kappa shape index (κ1) is 48.7. The number of carbonyl (C=O) groups is 2. The third-order valence-corrected chi connectivity index (χ3v) is 10.7. The molecule has 1 saturated heterocycles. The van der Waals surface area contributed by atoms with E-state index in [0.29, 0.717) is 0 Å². The standard InChI is InChI=1S/C51H57N3O11/c1-37(56)27-28-46(57)60-36-44(59-31-39-19-9-3-10-20-39)48(61-32-40-21-11-4-12-22-40)43(29-55)64-51-47(53-54-52)50(63-34-42-25-15-6-16-26-42)49(62-33-41-23-13-5-14-24-41)45(65-51)35-58-30-38-17-7-2-8-18-38/h2-26,43-45,47-51,55H,27-36H2,1H3/t43?,44?,45-,47-,48?,49-,50-,51-/m1/s1. The maximum Gasteiger partial charge on any atom is 0.306 e. The molecule has 0 aliphatic carbocycles. The third kappa shape index (κ3) is 16.0. The molecule has 1 aliphatic rings. The number of esters is 1. The van der Waals surface area contributed by atoms with E-state index in [9.17, 15) is 20.2 Å². The summed E-state index contributed by atoms with van der Waals surface area (Å²) in [4.78, 5) is 27.9. The summed E-state index contributed by atoms with van der Waals surface area (Å²) in [6.45, 7) is 1.26. The summed E-state index contributed by atoms with van der Waals surface area (Å²) in [7, 11) is 0. The molecule has 1 N–H and O–H groups in total. The predicted molar refractivity (Wildman–Crippen MR) is 241 cm³/mol. The van der Waals surface area contributed by atoms with Gasteiger partial charge in [-0.3, -0.25) is 4.79 Å². The lowest BCUT2D eigenvalue weighted by Gasteiger charge is -2.46. The smallest absolute Gasteiger partial charge is 0.306 e. The predicted octanol–water partition coefficient (Wildman–Crippen LogP) is 8.24. The van der Waals surface area contributed by atoms with E-state index in [-0.39, 0.29) is 64.9 Å². The number of hydrogen-bond acceptors (Lipinski definition) is 12. The molecule has 1 heterocycles. The second-order valence-corrected chi connectivity index (χ2v) is 15.6. The molecule has 6 rings (SSSR count). The van der Waals surface area contributed by atoms with Crippen LogP contribution in [0.1, 0.15) is 47.6 Å². The van der Waals surface area contributed by atoms with E-state index in [2.05, 4.69) is 10.0 Å². The Morgan fingerprint density at radius 1 is 0.646 bits per heavy atom. The fourth-order valence-corrected chi connectivity index (χ4v) is 7.27. The van der Waals surface area contributed by atoms with Gasteiger partial charge in [-0.05, 0) is 40.3 Å². The number of aliphatic hydroxyl groups excluding tert-OH is 1. The fourth-order valence-electron chi connectivity index (χ4n) is 7.27. The van der Waals surface area contributed by atoms with Crippen molar-refractivity contribution in [2.24, 2.45) is 5.11 Å². The average molecular weight is 888 g/mol. The second kappa shape index (κ2) is 26.9. The van der Waals surface area contributed by atoms with Gasteiger partial charge in [-0.1, -0.05) is 157 Å². The third-order valence-electron chi connectivity index (χ3n) is 10.7. The van der Waals surface area contributed by atoms with Gasteiger partial charge < -0.3 is 47.8 Å². The lowest BCUT2D eigenvalue weighted by molar-refractivity contribution is -0.310. The summed E-state index contributed by atoms with van der Waals surface area (Å²) >= 11 is 0.